The van der Waals surface area contributed by atoms with Crippen LogP contribution in [0.25, 0.3) is 61.4 Å². The van der Waals surface area contributed by atoms with E-state index in [9.17, 15) is 0 Å². The molecule has 0 aliphatic rings. The van der Waals surface area contributed by atoms with Crippen molar-refractivity contribution in [2.75, 3.05) is 9.80 Å². The Morgan fingerprint density at radius 1 is 0.313 bits per heavy atom. The number of anilines is 6. The second kappa shape index (κ2) is 17.4. The van der Waals surface area contributed by atoms with Crippen LogP contribution < -0.4 is 9.80 Å². The second-order valence-electron chi connectivity index (χ2n) is 17.3. The van der Waals surface area contributed by atoms with Crippen LogP contribution in [0.3, 0.4) is 0 Å². The van der Waals surface area contributed by atoms with Crippen LogP contribution in [0.15, 0.2) is 224 Å². The molecular weight excluding hydrogens is 815 g/mol. The summed E-state index contributed by atoms with van der Waals surface area (Å²) in [6, 6.07) is 80.0. The Hall–Kier alpha value is -8.54. The zero-order valence-corrected chi connectivity index (χ0v) is 38.1. The molecule has 11 aromatic rings. The highest BCUT2D eigenvalue weighted by Crippen LogP contribution is 2.44. The number of aromatic nitrogens is 3. The van der Waals surface area contributed by atoms with Gasteiger partial charge in [0.25, 0.3) is 0 Å². The summed E-state index contributed by atoms with van der Waals surface area (Å²) in [5.74, 6) is 0.726. The maximum Gasteiger partial charge on any atom is 0.160 e. The predicted molar refractivity (Wildman–Crippen MR) is 281 cm³/mol. The Labute approximate surface area is 392 Å². The summed E-state index contributed by atoms with van der Waals surface area (Å²) in [6.07, 6.45) is 0. The van der Waals surface area contributed by atoms with Crippen molar-refractivity contribution in [1.82, 2.24) is 14.5 Å². The van der Waals surface area contributed by atoms with Gasteiger partial charge in [-0.15, -0.1) is 0 Å². The maximum atomic E-state index is 5.31. The molecular formula is C62H49N5. The lowest BCUT2D eigenvalue weighted by Crippen LogP contribution is -2.09. The smallest absolute Gasteiger partial charge is 0.160 e. The summed E-state index contributed by atoms with van der Waals surface area (Å²) in [5.41, 5.74) is 19.6. The van der Waals surface area contributed by atoms with E-state index in [1.54, 1.807) is 0 Å². The van der Waals surface area contributed by atoms with E-state index in [4.69, 9.17) is 9.97 Å². The maximum absolute atomic E-state index is 5.31. The quantitative estimate of drug-likeness (QED) is 0.137. The Balaban J connectivity index is 1.13. The average Bonchev–Trinajstić information content (AvgIpc) is 3.69. The van der Waals surface area contributed by atoms with Crippen molar-refractivity contribution in [3.63, 3.8) is 0 Å². The molecule has 0 spiro atoms. The topological polar surface area (TPSA) is 37.2 Å². The first-order valence-corrected chi connectivity index (χ1v) is 22.9. The van der Waals surface area contributed by atoms with Gasteiger partial charge in [-0.1, -0.05) is 121 Å². The summed E-state index contributed by atoms with van der Waals surface area (Å²) in [6.45, 7) is 8.71. The molecule has 9 aromatic carbocycles. The lowest BCUT2D eigenvalue weighted by Gasteiger charge is -2.26. The second-order valence-corrected chi connectivity index (χ2v) is 17.3. The van der Waals surface area contributed by atoms with Gasteiger partial charge in [-0.25, -0.2) is 9.97 Å². The largest absolute Gasteiger partial charge is 0.310 e. The minimum absolute atomic E-state index is 0.726. The van der Waals surface area contributed by atoms with Crippen molar-refractivity contribution in [3.05, 3.63) is 247 Å². The van der Waals surface area contributed by atoms with Gasteiger partial charge in [-0.05, 0) is 153 Å². The number of nitrogens with zero attached hydrogens (tertiary/aromatic N) is 5. The SMILES string of the molecule is Cc1ccccc1-c1cc(-c2cc(C)c(-n3c4ccc(N(c5ccccc5)c5ccccc5)cc4c4cc(N(c5ccccc5)c5ccccc5)ccc43)cc2C)nc(-c2ccccc2C)n1. The minimum Gasteiger partial charge on any atom is -0.310 e. The molecule has 5 nitrogen and oxygen atoms in total. The molecule has 11 rings (SSSR count). The molecule has 0 aliphatic carbocycles. The molecule has 2 heterocycles. The van der Waals surface area contributed by atoms with Gasteiger partial charge in [0.15, 0.2) is 5.82 Å². The molecule has 0 fully saturated rings. The van der Waals surface area contributed by atoms with Gasteiger partial charge >= 0.3 is 0 Å². The number of fused-ring (bicyclic) bond motifs is 3. The third-order valence-corrected chi connectivity index (χ3v) is 12.9. The van der Waals surface area contributed by atoms with Crippen LogP contribution in [0, 0.1) is 27.7 Å². The molecule has 0 radical (unpaired) electrons. The van der Waals surface area contributed by atoms with Gasteiger partial charge in [0.1, 0.15) is 0 Å². The lowest BCUT2D eigenvalue weighted by atomic mass is 9.98. The van der Waals surface area contributed by atoms with Crippen molar-refractivity contribution in [3.8, 4) is 39.6 Å². The highest BCUT2D eigenvalue weighted by Gasteiger charge is 2.22. The molecule has 0 bridgehead atoms. The molecule has 0 saturated carbocycles. The van der Waals surface area contributed by atoms with Crippen LogP contribution in [0.5, 0.6) is 0 Å². The zero-order valence-electron chi connectivity index (χ0n) is 38.1. The van der Waals surface area contributed by atoms with Gasteiger partial charge in [0.2, 0.25) is 0 Å². The Bertz CT molecular complexity index is 3280. The number of benzene rings is 9. The summed E-state index contributed by atoms with van der Waals surface area (Å²) in [7, 11) is 0. The predicted octanol–water partition coefficient (Wildman–Crippen LogP) is 16.7. The molecule has 0 saturated heterocycles. The summed E-state index contributed by atoms with van der Waals surface area (Å²) < 4.78 is 2.45. The average molecular weight is 864 g/mol. The first-order valence-electron chi connectivity index (χ1n) is 22.9. The Morgan fingerprint density at radius 3 is 1.16 bits per heavy atom. The molecule has 322 valence electrons. The highest BCUT2D eigenvalue weighted by atomic mass is 15.1. The lowest BCUT2D eigenvalue weighted by molar-refractivity contribution is 1.13. The van der Waals surface area contributed by atoms with Gasteiger partial charge < -0.3 is 14.4 Å². The van der Waals surface area contributed by atoms with Gasteiger partial charge in [0, 0.05) is 67.3 Å². The molecule has 2 aromatic heterocycles. The van der Waals surface area contributed by atoms with E-state index in [0.717, 1.165) is 112 Å². The third-order valence-electron chi connectivity index (χ3n) is 12.9. The first kappa shape index (κ1) is 41.2. The Kier molecular flexibility index (Phi) is 10.7. The van der Waals surface area contributed by atoms with Crippen LogP contribution >= 0.6 is 0 Å². The van der Waals surface area contributed by atoms with Crippen molar-refractivity contribution >= 4 is 55.9 Å². The van der Waals surface area contributed by atoms with E-state index in [1.165, 1.54) is 5.56 Å². The Morgan fingerprint density at radius 2 is 0.716 bits per heavy atom. The van der Waals surface area contributed by atoms with E-state index in [2.05, 4.69) is 267 Å². The molecule has 0 N–H and O–H groups in total. The monoisotopic (exact) mass is 863 g/mol. The molecule has 0 aliphatic heterocycles. The van der Waals surface area contributed by atoms with E-state index < -0.39 is 0 Å². The first-order chi connectivity index (χ1) is 32.9. The third kappa shape index (κ3) is 7.70. The fourth-order valence-corrected chi connectivity index (χ4v) is 9.59. The summed E-state index contributed by atoms with van der Waals surface area (Å²) >= 11 is 0. The van der Waals surface area contributed by atoms with Crippen LogP contribution in [0.4, 0.5) is 34.1 Å². The number of para-hydroxylation sites is 4. The van der Waals surface area contributed by atoms with Gasteiger partial charge in [-0.3, -0.25) is 0 Å². The number of hydrogen-bond donors (Lipinski definition) is 0. The van der Waals surface area contributed by atoms with Crippen molar-refractivity contribution in [2.24, 2.45) is 0 Å². The molecule has 0 atom stereocenters. The van der Waals surface area contributed by atoms with E-state index in [0.29, 0.717) is 0 Å². The van der Waals surface area contributed by atoms with Crippen molar-refractivity contribution in [1.29, 1.82) is 0 Å². The molecule has 0 unspecified atom stereocenters. The number of hydrogen-bond acceptors (Lipinski definition) is 4. The van der Waals surface area contributed by atoms with E-state index in [1.807, 2.05) is 0 Å². The highest BCUT2D eigenvalue weighted by molar-refractivity contribution is 6.12. The van der Waals surface area contributed by atoms with Gasteiger partial charge in [0.05, 0.1) is 22.4 Å². The van der Waals surface area contributed by atoms with Gasteiger partial charge in [-0.2, -0.15) is 0 Å². The van der Waals surface area contributed by atoms with E-state index in [-0.39, 0.29) is 0 Å². The van der Waals surface area contributed by atoms with Crippen LogP contribution in [0.2, 0.25) is 0 Å². The normalized spacial score (nSPS) is 11.3. The fraction of sp³-hybridized carbons (Fsp3) is 0.0645. The standard InChI is InChI=1S/C62H49N5/c1-42-21-17-19-31-52(42)57-41-58(64-62(63-57)53-32-20-18-22-43(53)2)54-37-45(4)61(38-44(54)3)67-59-35-33-50(65(46-23-9-5-10-24-46)47-25-11-6-12-26-47)39-55(59)56-40-51(34-36-60(56)67)66(48-27-13-7-14-28-48)49-29-15-8-16-30-49/h5-41H,1-4H3. The van der Waals surface area contributed by atoms with Crippen LogP contribution in [-0.2, 0) is 0 Å². The minimum atomic E-state index is 0.726. The number of rotatable bonds is 10. The molecule has 67 heavy (non-hydrogen) atoms. The molecule has 0 amide bonds. The fourth-order valence-electron chi connectivity index (χ4n) is 9.59. The van der Waals surface area contributed by atoms with Crippen molar-refractivity contribution in [2.45, 2.75) is 27.7 Å². The van der Waals surface area contributed by atoms with Crippen LogP contribution in [0.1, 0.15) is 22.3 Å². The summed E-state index contributed by atoms with van der Waals surface area (Å²) in [4.78, 5) is 15.2. The summed E-state index contributed by atoms with van der Waals surface area (Å²) in [5, 5.41) is 2.32. The number of aryl methyl sites for hydroxylation is 4. The zero-order chi connectivity index (χ0) is 45.4. The van der Waals surface area contributed by atoms with Crippen LogP contribution in [-0.4, -0.2) is 14.5 Å². The molecule has 5 heteroatoms. The van der Waals surface area contributed by atoms with E-state index >= 15 is 0 Å². The van der Waals surface area contributed by atoms with Crippen molar-refractivity contribution < 1.29 is 0 Å².